The molecular weight excluding hydrogens is 350 g/mol. The number of benzene rings is 1. The molecule has 2 heterocycles. The summed E-state index contributed by atoms with van der Waals surface area (Å²) in [6, 6.07) is 6.50. The van der Waals surface area contributed by atoms with E-state index in [1.807, 2.05) is 6.92 Å². The third-order valence-electron chi connectivity index (χ3n) is 5.66. The number of carbonyl (C=O) groups is 1. The highest BCUT2D eigenvalue weighted by molar-refractivity contribution is 7.89. The molecule has 144 valence electrons. The molecule has 6 nitrogen and oxygen atoms in total. The van der Waals surface area contributed by atoms with Crippen molar-refractivity contribution in [2.45, 2.75) is 50.0 Å². The first-order chi connectivity index (χ1) is 12.4. The first-order valence-electron chi connectivity index (χ1n) is 9.54. The number of rotatable bonds is 4. The van der Waals surface area contributed by atoms with Gasteiger partial charge in [0.05, 0.1) is 4.90 Å². The number of sulfonamides is 1. The molecule has 2 fully saturated rings. The van der Waals surface area contributed by atoms with Crippen molar-refractivity contribution in [1.82, 2.24) is 9.21 Å². The molecule has 0 spiro atoms. The monoisotopic (exact) mass is 379 g/mol. The number of carbonyl (C=O) groups excluding carboxylic acids is 1. The minimum absolute atomic E-state index is 0.00315. The number of hydrogen-bond donors (Lipinski definition) is 1. The van der Waals surface area contributed by atoms with E-state index < -0.39 is 10.0 Å². The first-order valence-corrected chi connectivity index (χ1v) is 11.0. The summed E-state index contributed by atoms with van der Waals surface area (Å²) in [4.78, 5) is 14.8. The number of amides is 1. The molecule has 2 aliphatic rings. The predicted octanol–water partition coefficient (Wildman–Crippen LogP) is 2.06. The van der Waals surface area contributed by atoms with Crippen LogP contribution in [-0.2, 0) is 10.0 Å². The van der Waals surface area contributed by atoms with Crippen LogP contribution in [0.25, 0.3) is 0 Å². The van der Waals surface area contributed by atoms with E-state index in [-0.39, 0.29) is 16.8 Å². The van der Waals surface area contributed by atoms with Gasteiger partial charge in [-0.1, -0.05) is 12.5 Å². The average molecular weight is 380 g/mol. The van der Waals surface area contributed by atoms with Crippen molar-refractivity contribution in [3.8, 4) is 0 Å². The minimum Gasteiger partial charge on any atom is -0.339 e. The fourth-order valence-electron chi connectivity index (χ4n) is 3.91. The number of hydrogen-bond acceptors (Lipinski definition) is 4. The van der Waals surface area contributed by atoms with Crippen molar-refractivity contribution in [3.05, 3.63) is 29.8 Å². The van der Waals surface area contributed by atoms with E-state index in [1.165, 1.54) is 6.07 Å². The molecule has 3 rings (SSSR count). The highest BCUT2D eigenvalue weighted by Gasteiger charge is 2.31. The van der Waals surface area contributed by atoms with E-state index in [0.717, 1.165) is 32.1 Å². The lowest BCUT2D eigenvalue weighted by Gasteiger charge is -2.33. The summed E-state index contributed by atoms with van der Waals surface area (Å²) in [6.45, 7) is 4.52. The molecule has 1 aromatic rings. The van der Waals surface area contributed by atoms with Gasteiger partial charge in [0.1, 0.15) is 0 Å². The zero-order valence-electron chi connectivity index (χ0n) is 15.4. The van der Waals surface area contributed by atoms with Gasteiger partial charge >= 0.3 is 0 Å². The number of nitrogens with zero attached hydrogens (tertiary/aromatic N) is 2. The fourth-order valence-corrected chi connectivity index (χ4v) is 5.65. The maximum atomic E-state index is 13.0. The van der Waals surface area contributed by atoms with Crippen molar-refractivity contribution in [3.63, 3.8) is 0 Å². The fraction of sp³-hybridized carbons (Fsp3) is 0.632. The second-order valence-corrected chi connectivity index (χ2v) is 9.35. The maximum absolute atomic E-state index is 13.0. The standard InChI is InChI=1S/C19H29N3O3S/c1-15-5-2-3-10-22(15)26(24,25)18-7-4-6-17(13-18)19(23)21-11-8-16(14-20)9-12-21/h4,6-7,13,15-16H,2-3,5,8-12,14,20H2,1H3. The molecule has 1 aromatic carbocycles. The third kappa shape index (κ3) is 3.94. The second-order valence-electron chi connectivity index (χ2n) is 7.46. The van der Waals surface area contributed by atoms with Gasteiger partial charge in [-0.2, -0.15) is 4.31 Å². The molecule has 0 radical (unpaired) electrons. The van der Waals surface area contributed by atoms with Gasteiger partial charge in [0.2, 0.25) is 10.0 Å². The molecule has 0 aromatic heterocycles. The molecule has 0 saturated carbocycles. The largest absolute Gasteiger partial charge is 0.339 e. The lowest BCUT2D eigenvalue weighted by molar-refractivity contribution is 0.0693. The van der Waals surface area contributed by atoms with Crippen molar-refractivity contribution in [1.29, 1.82) is 0 Å². The second kappa shape index (κ2) is 8.06. The summed E-state index contributed by atoms with van der Waals surface area (Å²) in [5, 5.41) is 0. The van der Waals surface area contributed by atoms with Gasteiger partial charge in [0, 0.05) is 31.2 Å². The number of nitrogens with two attached hydrogens (primary N) is 1. The Kier molecular flexibility index (Phi) is 5.99. The molecule has 2 aliphatic heterocycles. The molecule has 26 heavy (non-hydrogen) atoms. The van der Waals surface area contributed by atoms with Crippen molar-refractivity contribution < 1.29 is 13.2 Å². The van der Waals surface area contributed by atoms with Crippen LogP contribution in [0.5, 0.6) is 0 Å². The predicted molar refractivity (Wildman–Crippen MR) is 101 cm³/mol. The molecule has 2 N–H and O–H groups in total. The van der Waals surface area contributed by atoms with Crippen LogP contribution in [0.3, 0.4) is 0 Å². The van der Waals surface area contributed by atoms with E-state index in [1.54, 1.807) is 27.4 Å². The zero-order valence-corrected chi connectivity index (χ0v) is 16.2. The van der Waals surface area contributed by atoms with Crippen LogP contribution in [0.1, 0.15) is 49.4 Å². The van der Waals surface area contributed by atoms with E-state index in [0.29, 0.717) is 37.7 Å². The molecule has 1 atom stereocenters. The number of likely N-dealkylation sites (tertiary alicyclic amines) is 1. The summed E-state index contributed by atoms with van der Waals surface area (Å²) in [6.07, 6.45) is 4.65. The van der Waals surface area contributed by atoms with Crippen LogP contribution >= 0.6 is 0 Å². The Morgan fingerprint density at radius 2 is 1.88 bits per heavy atom. The van der Waals surface area contributed by atoms with Crippen molar-refractivity contribution in [2.24, 2.45) is 11.7 Å². The minimum atomic E-state index is -3.56. The van der Waals surface area contributed by atoms with Crippen LogP contribution in [-0.4, -0.2) is 55.8 Å². The highest BCUT2D eigenvalue weighted by atomic mass is 32.2. The summed E-state index contributed by atoms with van der Waals surface area (Å²) in [5.74, 6) is 0.385. The zero-order chi connectivity index (χ0) is 18.7. The molecule has 0 aliphatic carbocycles. The SMILES string of the molecule is CC1CCCCN1S(=O)(=O)c1cccc(C(=O)N2CCC(CN)CC2)c1. The van der Waals surface area contributed by atoms with Crippen LogP contribution < -0.4 is 5.73 Å². The number of piperidine rings is 2. The summed E-state index contributed by atoms with van der Waals surface area (Å²) in [5.41, 5.74) is 6.16. The van der Waals surface area contributed by atoms with Gasteiger partial charge in [-0.15, -0.1) is 0 Å². The van der Waals surface area contributed by atoms with E-state index >= 15 is 0 Å². The van der Waals surface area contributed by atoms with Gasteiger partial charge < -0.3 is 10.6 Å². The van der Waals surface area contributed by atoms with Gasteiger partial charge in [-0.05, 0) is 63.3 Å². The van der Waals surface area contributed by atoms with E-state index in [2.05, 4.69) is 0 Å². The van der Waals surface area contributed by atoms with Crippen molar-refractivity contribution >= 4 is 15.9 Å². The van der Waals surface area contributed by atoms with Crippen LogP contribution in [0.4, 0.5) is 0 Å². The maximum Gasteiger partial charge on any atom is 0.253 e. The third-order valence-corrected chi connectivity index (χ3v) is 7.67. The molecule has 1 amide bonds. The molecule has 2 saturated heterocycles. The van der Waals surface area contributed by atoms with Gasteiger partial charge in [-0.25, -0.2) is 8.42 Å². The Bertz CT molecular complexity index is 742. The van der Waals surface area contributed by atoms with Crippen LogP contribution in [0.2, 0.25) is 0 Å². The van der Waals surface area contributed by atoms with Crippen molar-refractivity contribution in [2.75, 3.05) is 26.2 Å². The van der Waals surface area contributed by atoms with E-state index in [9.17, 15) is 13.2 Å². The Morgan fingerprint density at radius 3 is 2.54 bits per heavy atom. The van der Waals surface area contributed by atoms with Gasteiger partial charge in [-0.3, -0.25) is 4.79 Å². The molecular formula is C19H29N3O3S. The Labute approximate surface area is 156 Å². The van der Waals surface area contributed by atoms with Crippen LogP contribution in [0.15, 0.2) is 29.2 Å². The lowest BCUT2D eigenvalue weighted by atomic mass is 9.96. The first kappa shape index (κ1) is 19.3. The highest BCUT2D eigenvalue weighted by Crippen LogP contribution is 2.26. The van der Waals surface area contributed by atoms with Gasteiger partial charge in [0.25, 0.3) is 5.91 Å². The summed E-state index contributed by atoms with van der Waals surface area (Å²) >= 11 is 0. The lowest BCUT2D eigenvalue weighted by Crippen LogP contribution is -2.42. The topological polar surface area (TPSA) is 83.7 Å². The smallest absolute Gasteiger partial charge is 0.253 e. The summed E-state index contributed by atoms with van der Waals surface area (Å²) < 4.78 is 27.6. The summed E-state index contributed by atoms with van der Waals surface area (Å²) in [7, 11) is -3.56. The Morgan fingerprint density at radius 1 is 1.15 bits per heavy atom. The molecule has 7 heteroatoms. The van der Waals surface area contributed by atoms with E-state index in [4.69, 9.17) is 5.73 Å². The normalized spacial score (nSPS) is 23.2. The van der Waals surface area contributed by atoms with Crippen LogP contribution in [0, 0.1) is 5.92 Å². The quantitative estimate of drug-likeness (QED) is 0.868. The average Bonchev–Trinajstić information content (AvgIpc) is 2.68. The Hall–Kier alpha value is -1.44. The molecule has 0 bridgehead atoms. The van der Waals surface area contributed by atoms with Gasteiger partial charge in [0.15, 0.2) is 0 Å². The Balaban J connectivity index is 1.78. The molecule has 1 unspecified atom stereocenters.